The number of aliphatic imine (C=N–C) groups is 1. The topological polar surface area (TPSA) is 86.4 Å². The highest BCUT2D eigenvalue weighted by Gasteiger charge is 2.35. The number of aromatic nitrogens is 2. The number of anilines is 1. The molecule has 2 N–H and O–H groups in total. The Hall–Kier alpha value is -2.18. The summed E-state index contributed by atoms with van der Waals surface area (Å²) in [4.78, 5) is 18.1. The third kappa shape index (κ3) is 3.97. The van der Waals surface area contributed by atoms with E-state index in [1.807, 2.05) is 29.6 Å². The smallest absolute Gasteiger partial charge is 0.225 e. The Bertz CT molecular complexity index is 618. The van der Waals surface area contributed by atoms with Crippen LogP contribution in [-0.4, -0.2) is 45.3 Å². The van der Waals surface area contributed by atoms with Gasteiger partial charge >= 0.3 is 0 Å². The number of rotatable bonds is 3. The minimum Gasteiger partial charge on any atom is -0.342 e. The van der Waals surface area contributed by atoms with Gasteiger partial charge in [-0.1, -0.05) is 0 Å². The molecule has 0 unspecified atom stereocenters. The normalized spacial score (nSPS) is 18.6. The van der Waals surface area contributed by atoms with Crippen LogP contribution in [0.25, 0.3) is 0 Å². The first-order valence-corrected chi connectivity index (χ1v) is 8.23. The lowest BCUT2D eigenvalue weighted by molar-refractivity contribution is -0.133. The fraction of sp³-hybridized carbons (Fsp3) is 0.625. The summed E-state index contributed by atoms with van der Waals surface area (Å²) in [6.45, 7) is 5.35. The Morgan fingerprint density at radius 1 is 1.30 bits per heavy atom. The van der Waals surface area contributed by atoms with Crippen LogP contribution in [0, 0.1) is 11.3 Å². The summed E-state index contributed by atoms with van der Waals surface area (Å²) < 4.78 is 1.94. The van der Waals surface area contributed by atoms with Gasteiger partial charge in [0.15, 0.2) is 0 Å². The van der Waals surface area contributed by atoms with Crippen LogP contribution in [0.1, 0.15) is 45.6 Å². The van der Waals surface area contributed by atoms with Crippen LogP contribution in [0.5, 0.6) is 0 Å². The zero-order chi connectivity index (χ0) is 16.4. The minimum absolute atomic E-state index is 0.120. The van der Waals surface area contributed by atoms with Crippen LogP contribution in [0.3, 0.4) is 0 Å². The SMILES string of the molecule is CC(C)=NC(=N)Nc1cnn(C2CCN(C(=O)C3CC3)CC2)c1. The average Bonchev–Trinajstić information content (AvgIpc) is 3.26. The molecule has 1 saturated heterocycles. The van der Waals surface area contributed by atoms with Gasteiger partial charge in [-0.05, 0) is 39.5 Å². The van der Waals surface area contributed by atoms with Crippen molar-refractivity contribution in [2.45, 2.75) is 45.6 Å². The highest BCUT2D eigenvalue weighted by atomic mass is 16.2. The van der Waals surface area contributed by atoms with Crippen molar-refractivity contribution in [1.82, 2.24) is 14.7 Å². The number of likely N-dealkylation sites (tertiary alicyclic amines) is 1. The first-order valence-electron chi connectivity index (χ1n) is 8.23. The highest BCUT2D eigenvalue weighted by molar-refractivity contribution is 6.00. The molecule has 1 saturated carbocycles. The molecule has 0 bridgehead atoms. The molecule has 1 aromatic rings. The summed E-state index contributed by atoms with van der Waals surface area (Å²) in [7, 11) is 0. The lowest BCUT2D eigenvalue weighted by Gasteiger charge is -2.32. The first kappa shape index (κ1) is 15.7. The summed E-state index contributed by atoms with van der Waals surface area (Å²) >= 11 is 0. The number of carbonyl (C=O) groups is 1. The molecule has 1 aliphatic heterocycles. The molecule has 0 radical (unpaired) electrons. The molecule has 2 fully saturated rings. The zero-order valence-corrected chi connectivity index (χ0v) is 13.7. The second kappa shape index (κ2) is 6.52. The maximum absolute atomic E-state index is 12.1. The van der Waals surface area contributed by atoms with Crippen molar-refractivity contribution in [2.24, 2.45) is 10.9 Å². The molecule has 2 heterocycles. The molecule has 7 nitrogen and oxygen atoms in total. The summed E-state index contributed by atoms with van der Waals surface area (Å²) in [6, 6.07) is 0.319. The van der Waals surface area contributed by atoms with Gasteiger partial charge in [0.05, 0.1) is 17.9 Å². The largest absolute Gasteiger partial charge is 0.342 e. The maximum atomic E-state index is 12.1. The van der Waals surface area contributed by atoms with Gasteiger partial charge in [-0.2, -0.15) is 5.10 Å². The van der Waals surface area contributed by atoms with Gasteiger partial charge in [-0.25, -0.2) is 4.99 Å². The van der Waals surface area contributed by atoms with Gasteiger partial charge in [0, 0.05) is 30.9 Å². The molecular weight excluding hydrogens is 292 g/mol. The molecule has 7 heteroatoms. The number of piperidine rings is 1. The number of hydrogen-bond donors (Lipinski definition) is 2. The molecule has 1 aliphatic carbocycles. The van der Waals surface area contributed by atoms with Crippen molar-refractivity contribution in [3.63, 3.8) is 0 Å². The van der Waals surface area contributed by atoms with Crippen molar-refractivity contribution in [3.05, 3.63) is 12.4 Å². The zero-order valence-electron chi connectivity index (χ0n) is 13.7. The van der Waals surface area contributed by atoms with Crippen molar-refractivity contribution in [3.8, 4) is 0 Å². The van der Waals surface area contributed by atoms with Gasteiger partial charge in [0.25, 0.3) is 0 Å². The van der Waals surface area contributed by atoms with E-state index in [1.165, 1.54) is 0 Å². The Kier molecular flexibility index (Phi) is 4.45. The lowest BCUT2D eigenvalue weighted by Crippen LogP contribution is -2.39. The van der Waals surface area contributed by atoms with Crippen molar-refractivity contribution in [2.75, 3.05) is 18.4 Å². The van der Waals surface area contributed by atoms with Crippen LogP contribution in [0.2, 0.25) is 0 Å². The van der Waals surface area contributed by atoms with E-state index < -0.39 is 0 Å². The number of guanidine groups is 1. The minimum atomic E-state index is 0.120. The second-order valence-corrected chi connectivity index (χ2v) is 6.57. The third-order valence-corrected chi connectivity index (χ3v) is 4.28. The second-order valence-electron chi connectivity index (χ2n) is 6.57. The monoisotopic (exact) mass is 316 g/mol. The molecule has 23 heavy (non-hydrogen) atoms. The number of nitrogens with zero attached hydrogens (tertiary/aromatic N) is 4. The van der Waals surface area contributed by atoms with Crippen LogP contribution >= 0.6 is 0 Å². The standard InChI is InChI=1S/C16H24N6O/c1-11(2)19-16(17)20-13-9-18-22(10-13)14-5-7-21(8-6-14)15(23)12-3-4-12/h9-10,12,14H,3-8H2,1-2H3,(H2,17,20). The number of hydrogen-bond acceptors (Lipinski definition) is 3. The fourth-order valence-corrected chi connectivity index (χ4v) is 2.93. The van der Waals surface area contributed by atoms with E-state index in [0.29, 0.717) is 17.9 Å². The summed E-state index contributed by atoms with van der Waals surface area (Å²) in [5.74, 6) is 0.766. The molecular formula is C16H24N6O. The van der Waals surface area contributed by atoms with Gasteiger partial charge < -0.3 is 10.2 Å². The maximum Gasteiger partial charge on any atom is 0.225 e. The number of nitrogens with one attached hydrogen (secondary N) is 2. The Morgan fingerprint density at radius 2 is 2.00 bits per heavy atom. The van der Waals surface area contributed by atoms with E-state index in [1.54, 1.807) is 6.20 Å². The van der Waals surface area contributed by atoms with E-state index in [-0.39, 0.29) is 5.96 Å². The summed E-state index contributed by atoms with van der Waals surface area (Å²) in [5.41, 5.74) is 1.61. The highest BCUT2D eigenvalue weighted by Crippen LogP contribution is 2.33. The Balaban J connectivity index is 1.53. The lowest BCUT2D eigenvalue weighted by atomic mass is 10.0. The molecule has 0 spiro atoms. The first-order chi connectivity index (χ1) is 11.0. The van der Waals surface area contributed by atoms with E-state index in [2.05, 4.69) is 15.4 Å². The third-order valence-electron chi connectivity index (χ3n) is 4.28. The van der Waals surface area contributed by atoms with Crippen molar-refractivity contribution in [1.29, 1.82) is 5.41 Å². The molecule has 3 rings (SSSR count). The average molecular weight is 316 g/mol. The van der Waals surface area contributed by atoms with Crippen molar-refractivity contribution >= 4 is 23.3 Å². The van der Waals surface area contributed by atoms with Gasteiger partial charge in [-0.3, -0.25) is 14.9 Å². The molecule has 1 aromatic heterocycles. The van der Waals surface area contributed by atoms with Crippen molar-refractivity contribution < 1.29 is 4.79 Å². The van der Waals surface area contributed by atoms with Gasteiger partial charge in [-0.15, -0.1) is 0 Å². The van der Waals surface area contributed by atoms with Gasteiger partial charge in [0.1, 0.15) is 0 Å². The van der Waals surface area contributed by atoms with E-state index in [9.17, 15) is 4.79 Å². The molecule has 1 amide bonds. The van der Waals surface area contributed by atoms with E-state index in [0.717, 1.165) is 50.2 Å². The Morgan fingerprint density at radius 3 is 2.61 bits per heavy atom. The predicted molar refractivity (Wildman–Crippen MR) is 89.9 cm³/mol. The molecule has 0 atom stereocenters. The summed E-state index contributed by atoms with van der Waals surface area (Å²) in [5, 5.41) is 15.1. The Labute approximate surface area is 136 Å². The van der Waals surface area contributed by atoms with Crippen LogP contribution in [-0.2, 0) is 4.79 Å². The van der Waals surface area contributed by atoms with Crippen LogP contribution < -0.4 is 5.32 Å². The molecule has 124 valence electrons. The quantitative estimate of drug-likeness (QED) is 0.662. The fourth-order valence-electron chi connectivity index (χ4n) is 2.93. The van der Waals surface area contributed by atoms with Crippen LogP contribution in [0.15, 0.2) is 17.4 Å². The summed E-state index contributed by atoms with van der Waals surface area (Å²) in [6.07, 6.45) is 7.64. The van der Waals surface area contributed by atoms with E-state index in [4.69, 9.17) is 5.41 Å². The number of amides is 1. The number of carbonyl (C=O) groups excluding carboxylic acids is 1. The van der Waals surface area contributed by atoms with E-state index >= 15 is 0 Å². The van der Waals surface area contributed by atoms with Gasteiger partial charge in [0.2, 0.25) is 11.9 Å². The van der Waals surface area contributed by atoms with Crippen LogP contribution in [0.4, 0.5) is 5.69 Å². The molecule has 2 aliphatic rings. The molecule has 0 aromatic carbocycles. The predicted octanol–water partition coefficient (Wildman–Crippen LogP) is 2.28.